The quantitative estimate of drug-likeness (QED) is 0.544. The van der Waals surface area contributed by atoms with Crippen LogP contribution in [-0.2, 0) is 9.36 Å². The van der Waals surface area contributed by atoms with E-state index in [0.717, 1.165) is 0 Å². The van der Waals surface area contributed by atoms with Crippen LogP contribution in [0.25, 0.3) is 0 Å². The van der Waals surface area contributed by atoms with Crippen molar-refractivity contribution in [3.8, 4) is 0 Å². The Balaban J connectivity index is 4.35. The first kappa shape index (κ1) is 10.6. The normalized spacial score (nSPS) is 12.0. The highest BCUT2D eigenvalue weighted by Gasteiger charge is 2.35. The van der Waals surface area contributed by atoms with Crippen molar-refractivity contribution in [2.45, 2.75) is 12.8 Å². The molecule has 0 saturated carbocycles. The third-order valence-electron chi connectivity index (χ3n) is 1.01. The van der Waals surface area contributed by atoms with E-state index in [9.17, 15) is 9.36 Å². The van der Waals surface area contributed by atoms with Gasteiger partial charge in [-0.25, -0.2) is 0 Å². The maximum absolute atomic E-state index is 10.4. The van der Waals surface area contributed by atoms with E-state index < -0.39 is 19.2 Å². The molecule has 64 valence electrons. The maximum Gasteiger partial charge on any atom is 0.344 e. The van der Waals surface area contributed by atoms with Gasteiger partial charge in [-0.05, 0) is 6.42 Å². The van der Waals surface area contributed by atoms with Gasteiger partial charge in [0, 0.05) is 0 Å². The van der Waals surface area contributed by atoms with Crippen molar-refractivity contribution >= 4 is 13.6 Å². The fraction of sp³-hybridized carbons (Fsp3) is 0.400. The predicted octanol–water partition coefficient (Wildman–Crippen LogP) is 0.395. The zero-order valence-electron chi connectivity index (χ0n) is 5.73. The standard InChI is InChI=1S/C5H9O5P/c1-2-3-4(5(6)7)11(8,9)10/h1-3H2,(H,6,7)(H2,8,9,10). The highest BCUT2D eigenvalue weighted by atomic mass is 31.2. The van der Waals surface area contributed by atoms with Gasteiger partial charge in [-0.2, -0.15) is 0 Å². The van der Waals surface area contributed by atoms with Gasteiger partial charge in [-0.15, -0.1) is 0 Å². The minimum Gasteiger partial charge on any atom is -0.480 e. The summed E-state index contributed by atoms with van der Waals surface area (Å²) in [5, 5.41) is 8.28. The van der Waals surface area contributed by atoms with E-state index in [0.29, 0.717) is 0 Å². The van der Waals surface area contributed by atoms with Gasteiger partial charge >= 0.3 is 13.6 Å². The minimum atomic E-state index is -4.57. The lowest BCUT2D eigenvalue weighted by atomic mass is 10.2. The number of aliphatic carboxylic acids is 1. The number of carboxylic acids is 1. The first-order valence-electron chi connectivity index (χ1n) is 2.84. The number of carbonyl (C=O) groups is 1. The summed E-state index contributed by atoms with van der Waals surface area (Å²) < 4.78 is 10.4. The molecule has 0 saturated heterocycles. The van der Waals surface area contributed by atoms with Crippen molar-refractivity contribution in [1.82, 2.24) is 0 Å². The van der Waals surface area contributed by atoms with Crippen molar-refractivity contribution in [3.05, 3.63) is 12.6 Å². The molecule has 0 amide bonds. The molecule has 0 rings (SSSR count). The molecule has 0 bridgehead atoms. The van der Waals surface area contributed by atoms with Crippen LogP contribution in [0.1, 0.15) is 12.8 Å². The number of hydrogen-bond donors (Lipinski definition) is 3. The highest BCUT2D eigenvalue weighted by molar-refractivity contribution is 7.56. The summed E-state index contributed by atoms with van der Waals surface area (Å²) in [5.41, 5.74) is -0.771. The molecule has 0 aliphatic heterocycles. The van der Waals surface area contributed by atoms with E-state index in [-0.39, 0.29) is 12.8 Å². The van der Waals surface area contributed by atoms with Gasteiger partial charge in [-0.1, -0.05) is 13.3 Å². The van der Waals surface area contributed by atoms with Crippen LogP contribution in [0.3, 0.4) is 0 Å². The van der Waals surface area contributed by atoms with Gasteiger partial charge in [-0.3, -0.25) is 9.36 Å². The molecule has 0 aliphatic rings. The summed E-state index contributed by atoms with van der Waals surface area (Å²) in [6, 6.07) is 0. The van der Waals surface area contributed by atoms with E-state index in [2.05, 4.69) is 6.92 Å². The van der Waals surface area contributed by atoms with Crippen LogP contribution in [0.15, 0.2) is 0 Å². The molecular weight excluding hydrogens is 171 g/mol. The Hall–Kier alpha value is -0.380. The molecule has 2 radical (unpaired) electrons. The zero-order chi connectivity index (χ0) is 9.07. The largest absolute Gasteiger partial charge is 0.480 e. The van der Waals surface area contributed by atoms with Crippen molar-refractivity contribution < 1.29 is 24.3 Å². The second kappa shape index (κ2) is 3.85. The lowest BCUT2D eigenvalue weighted by molar-refractivity contribution is -0.134. The van der Waals surface area contributed by atoms with Crippen molar-refractivity contribution in [2.75, 3.05) is 0 Å². The third-order valence-corrected chi connectivity index (χ3v) is 2.13. The molecule has 3 N–H and O–H groups in total. The van der Waals surface area contributed by atoms with Crippen LogP contribution >= 0.6 is 7.60 Å². The average Bonchev–Trinajstić information content (AvgIpc) is 1.79. The van der Waals surface area contributed by atoms with Gasteiger partial charge < -0.3 is 14.9 Å². The Morgan fingerprint density at radius 3 is 2.00 bits per heavy atom. The van der Waals surface area contributed by atoms with E-state index in [4.69, 9.17) is 14.9 Å². The van der Waals surface area contributed by atoms with Crippen molar-refractivity contribution in [1.29, 1.82) is 0 Å². The summed E-state index contributed by atoms with van der Waals surface area (Å²) in [7, 11) is -4.57. The first-order valence-corrected chi connectivity index (χ1v) is 4.45. The van der Waals surface area contributed by atoms with E-state index in [1.54, 1.807) is 0 Å². The molecule has 0 aromatic rings. The van der Waals surface area contributed by atoms with Crippen LogP contribution in [-0.4, -0.2) is 20.9 Å². The second-order valence-corrected chi connectivity index (χ2v) is 3.53. The number of hydrogen-bond acceptors (Lipinski definition) is 2. The molecule has 0 aromatic heterocycles. The Bertz CT molecular complexity index is 183. The predicted molar refractivity (Wildman–Crippen MR) is 37.5 cm³/mol. The molecule has 0 unspecified atom stereocenters. The first-order chi connectivity index (χ1) is 4.89. The van der Waals surface area contributed by atoms with E-state index in [1.807, 2.05) is 0 Å². The summed E-state index contributed by atoms with van der Waals surface area (Å²) in [5.74, 6) is -1.55. The number of carboxylic acid groups (broad SMARTS) is 1. The van der Waals surface area contributed by atoms with E-state index >= 15 is 0 Å². The Kier molecular flexibility index (Phi) is 3.72. The number of rotatable bonds is 4. The van der Waals surface area contributed by atoms with Crippen molar-refractivity contribution in [2.24, 2.45) is 0 Å². The zero-order valence-corrected chi connectivity index (χ0v) is 6.62. The summed E-state index contributed by atoms with van der Waals surface area (Å²) >= 11 is 0. The van der Waals surface area contributed by atoms with Crippen LogP contribution in [0.5, 0.6) is 0 Å². The fourth-order valence-corrected chi connectivity index (χ4v) is 1.24. The average molecular weight is 180 g/mol. The van der Waals surface area contributed by atoms with Crippen LogP contribution in [0.4, 0.5) is 0 Å². The summed E-state index contributed by atoms with van der Waals surface area (Å²) in [6.45, 7) is 3.29. The van der Waals surface area contributed by atoms with Gasteiger partial charge in [0.2, 0.25) is 0 Å². The Labute approximate surface area is 64.2 Å². The fourth-order valence-electron chi connectivity index (χ4n) is 0.545. The molecule has 0 spiro atoms. The molecule has 0 aromatic carbocycles. The molecule has 0 heterocycles. The molecule has 6 heteroatoms. The SMILES string of the molecule is [CH2]CC[C](C(=O)O)P(=O)(O)O. The minimum absolute atomic E-state index is 0.159. The smallest absolute Gasteiger partial charge is 0.344 e. The second-order valence-electron chi connectivity index (χ2n) is 1.90. The molecule has 0 fully saturated rings. The monoisotopic (exact) mass is 180 g/mol. The Morgan fingerprint density at radius 1 is 1.45 bits per heavy atom. The molecule has 5 nitrogen and oxygen atoms in total. The third kappa shape index (κ3) is 3.51. The van der Waals surface area contributed by atoms with Crippen LogP contribution in [0, 0.1) is 12.6 Å². The Morgan fingerprint density at radius 2 is 1.91 bits per heavy atom. The highest BCUT2D eigenvalue weighted by Crippen LogP contribution is 2.49. The molecule has 0 atom stereocenters. The van der Waals surface area contributed by atoms with Gasteiger partial charge in [0.05, 0.1) is 0 Å². The molecule has 11 heavy (non-hydrogen) atoms. The lowest BCUT2D eigenvalue weighted by Gasteiger charge is -2.10. The van der Waals surface area contributed by atoms with Gasteiger partial charge in [0.15, 0.2) is 5.66 Å². The topological polar surface area (TPSA) is 94.8 Å². The molecular formula is C5H9O5P. The lowest BCUT2D eigenvalue weighted by Crippen LogP contribution is -2.11. The van der Waals surface area contributed by atoms with Crippen molar-refractivity contribution in [3.63, 3.8) is 0 Å². The van der Waals surface area contributed by atoms with E-state index in [1.165, 1.54) is 0 Å². The van der Waals surface area contributed by atoms with Crippen LogP contribution in [0.2, 0.25) is 0 Å². The maximum atomic E-state index is 10.4. The van der Waals surface area contributed by atoms with Gasteiger partial charge in [0.1, 0.15) is 0 Å². The van der Waals surface area contributed by atoms with Gasteiger partial charge in [0.25, 0.3) is 0 Å². The summed E-state index contributed by atoms with van der Waals surface area (Å²) in [6.07, 6.45) is -0.0215. The summed E-state index contributed by atoms with van der Waals surface area (Å²) in [4.78, 5) is 27.1. The molecule has 0 aliphatic carbocycles. The van der Waals surface area contributed by atoms with Crippen LogP contribution < -0.4 is 0 Å².